The maximum Gasteiger partial charge on any atom is 0.245 e. The number of carbonyl (C=O) groups excluding carboxylic acids is 2. The van der Waals surface area contributed by atoms with Gasteiger partial charge in [-0.3, -0.25) is 9.59 Å². The summed E-state index contributed by atoms with van der Waals surface area (Å²) in [7, 11) is 0. The predicted molar refractivity (Wildman–Crippen MR) is 80.9 cm³/mol. The number of rotatable bonds is 3. The van der Waals surface area contributed by atoms with Crippen LogP contribution in [0.4, 0.5) is 0 Å². The van der Waals surface area contributed by atoms with E-state index in [1.165, 1.54) is 0 Å². The highest BCUT2D eigenvalue weighted by Crippen LogP contribution is 2.21. The van der Waals surface area contributed by atoms with Crippen molar-refractivity contribution in [1.82, 2.24) is 15.1 Å². The lowest BCUT2D eigenvalue weighted by molar-refractivity contribution is -0.145. The minimum Gasteiger partial charge on any atom is -0.340 e. The number of nitrogens with one attached hydrogen (secondary N) is 1. The molecule has 2 aliphatic rings. The Labute approximate surface area is 127 Å². The fourth-order valence-corrected chi connectivity index (χ4v) is 2.99. The Morgan fingerprint density at radius 1 is 1.15 bits per heavy atom. The van der Waals surface area contributed by atoms with Gasteiger partial charge in [0, 0.05) is 32.6 Å². The molecular weight excluding hydrogens is 278 g/mol. The van der Waals surface area contributed by atoms with Gasteiger partial charge >= 0.3 is 0 Å². The SMILES string of the molecule is CC(C)C(C(=O)N1CCCNCC1)N1CCCC1=O.Cl. The van der Waals surface area contributed by atoms with Gasteiger partial charge in [0.25, 0.3) is 0 Å². The van der Waals surface area contributed by atoms with Crippen LogP contribution in [-0.2, 0) is 9.59 Å². The van der Waals surface area contributed by atoms with Crippen LogP contribution < -0.4 is 5.32 Å². The average molecular weight is 304 g/mol. The molecule has 0 radical (unpaired) electrons. The monoisotopic (exact) mass is 303 g/mol. The van der Waals surface area contributed by atoms with Gasteiger partial charge in [0.1, 0.15) is 6.04 Å². The molecule has 0 aromatic heterocycles. The third-order valence-electron chi connectivity index (χ3n) is 3.98. The molecule has 0 aromatic rings. The summed E-state index contributed by atoms with van der Waals surface area (Å²) in [6.45, 7) is 8.18. The van der Waals surface area contributed by atoms with Crippen LogP contribution >= 0.6 is 12.4 Å². The number of halogens is 1. The zero-order chi connectivity index (χ0) is 13.8. The van der Waals surface area contributed by atoms with Gasteiger partial charge in [0.05, 0.1) is 0 Å². The van der Waals surface area contributed by atoms with Crippen LogP contribution in [0.3, 0.4) is 0 Å². The summed E-state index contributed by atoms with van der Waals surface area (Å²) < 4.78 is 0. The molecular formula is C14H26ClN3O2. The highest BCUT2D eigenvalue weighted by Gasteiger charge is 2.37. The second kappa shape index (κ2) is 7.84. The van der Waals surface area contributed by atoms with Crippen molar-refractivity contribution in [3.8, 4) is 0 Å². The maximum absolute atomic E-state index is 12.7. The second-order valence-corrected chi connectivity index (χ2v) is 5.81. The minimum atomic E-state index is -0.270. The topological polar surface area (TPSA) is 52.7 Å². The van der Waals surface area contributed by atoms with Gasteiger partial charge in [-0.15, -0.1) is 12.4 Å². The molecule has 0 aliphatic carbocycles. The van der Waals surface area contributed by atoms with E-state index >= 15 is 0 Å². The molecule has 0 bridgehead atoms. The molecule has 0 saturated carbocycles. The van der Waals surface area contributed by atoms with Crippen molar-refractivity contribution in [3.05, 3.63) is 0 Å². The normalized spacial score (nSPS) is 21.6. The standard InChI is InChI=1S/C14H25N3O2.ClH/c1-11(2)13(17-9-3-5-12(17)18)14(19)16-8-4-6-15-7-10-16;/h11,13,15H,3-10H2,1-2H3;1H. The van der Waals surface area contributed by atoms with Crippen LogP contribution in [0.5, 0.6) is 0 Å². The molecule has 116 valence electrons. The molecule has 1 unspecified atom stereocenters. The largest absolute Gasteiger partial charge is 0.340 e. The molecule has 2 fully saturated rings. The number of hydrogen-bond acceptors (Lipinski definition) is 3. The Kier molecular flexibility index (Phi) is 6.76. The van der Waals surface area contributed by atoms with Crippen molar-refractivity contribution in [2.45, 2.75) is 39.2 Å². The lowest BCUT2D eigenvalue weighted by Crippen LogP contribution is -2.52. The van der Waals surface area contributed by atoms with Crippen LogP contribution in [0.2, 0.25) is 0 Å². The Bertz CT molecular complexity index is 341. The number of likely N-dealkylation sites (tertiary alicyclic amines) is 1. The fraction of sp³-hybridized carbons (Fsp3) is 0.857. The van der Waals surface area contributed by atoms with E-state index in [0.29, 0.717) is 6.42 Å². The summed E-state index contributed by atoms with van der Waals surface area (Å²) in [4.78, 5) is 28.4. The smallest absolute Gasteiger partial charge is 0.245 e. The van der Waals surface area contributed by atoms with Crippen molar-refractivity contribution < 1.29 is 9.59 Å². The first kappa shape index (κ1) is 17.2. The molecule has 2 saturated heterocycles. The number of hydrogen-bond donors (Lipinski definition) is 1. The molecule has 2 aliphatic heterocycles. The summed E-state index contributed by atoms with van der Waals surface area (Å²) >= 11 is 0. The van der Waals surface area contributed by atoms with Gasteiger partial charge < -0.3 is 15.1 Å². The quantitative estimate of drug-likeness (QED) is 0.842. The van der Waals surface area contributed by atoms with E-state index in [2.05, 4.69) is 5.32 Å². The van der Waals surface area contributed by atoms with E-state index in [1.807, 2.05) is 18.7 Å². The third kappa shape index (κ3) is 3.85. The number of nitrogens with zero attached hydrogens (tertiary/aromatic N) is 2. The molecule has 0 spiro atoms. The fourth-order valence-electron chi connectivity index (χ4n) is 2.99. The van der Waals surface area contributed by atoms with E-state index in [-0.39, 0.29) is 36.2 Å². The van der Waals surface area contributed by atoms with Gasteiger partial charge in [0.15, 0.2) is 0 Å². The van der Waals surface area contributed by atoms with E-state index < -0.39 is 0 Å². The highest BCUT2D eigenvalue weighted by atomic mass is 35.5. The Morgan fingerprint density at radius 2 is 1.90 bits per heavy atom. The third-order valence-corrected chi connectivity index (χ3v) is 3.98. The lowest BCUT2D eigenvalue weighted by Gasteiger charge is -2.34. The highest BCUT2D eigenvalue weighted by molar-refractivity contribution is 5.88. The molecule has 1 atom stereocenters. The summed E-state index contributed by atoms with van der Waals surface area (Å²) in [6.07, 6.45) is 2.47. The summed E-state index contributed by atoms with van der Waals surface area (Å²) in [6, 6.07) is -0.270. The second-order valence-electron chi connectivity index (χ2n) is 5.81. The van der Waals surface area contributed by atoms with Gasteiger partial charge in [-0.25, -0.2) is 0 Å². The van der Waals surface area contributed by atoms with Crippen LogP contribution in [0.15, 0.2) is 0 Å². The average Bonchev–Trinajstić information content (AvgIpc) is 2.66. The zero-order valence-electron chi connectivity index (χ0n) is 12.4. The first-order valence-corrected chi connectivity index (χ1v) is 7.40. The van der Waals surface area contributed by atoms with Crippen molar-refractivity contribution >= 4 is 24.2 Å². The molecule has 5 nitrogen and oxygen atoms in total. The predicted octanol–water partition coefficient (Wildman–Crippen LogP) is 0.877. The van der Waals surface area contributed by atoms with Gasteiger partial charge in [-0.1, -0.05) is 13.8 Å². The molecule has 2 amide bonds. The Balaban J connectivity index is 0.00000200. The van der Waals surface area contributed by atoms with E-state index in [4.69, 9.17) is 0 Å². The number of carbonyl (C=O) groups is 2. The molecule has 6 heteroatoms. The van der Waals surface area contributed by atoms with E-state index in [9.17, 15) is 9.59 Å². The van der Waals surface area contributed by atoms with Crippen LogP contribution in [0, 0.1) is 5.92 Å². The lowest BCUT2D eigenvalue weighted by atomic mass is 10.0. The summed E-state index contributed by atoms with van der Waals surface area (Å²) in [5.41, 5.74) is 0. The van der Waals surface area contributed by atoms with Gasteiger partial charge in [0.2, 0.25) is 11.8 Å². The van der Waals surface area contributed by atoms with Crippen molar-refractivity contribution in [3.63, 3.8) is 0 Å². The molecule has 2 rings (SSSR count). The van der Waals surface area contributed by atoms with Crippen molar-refractivity contribution in [2.75, 3.05) is 32.7 Å². The van der Waals surface area contributed by atoms with Crippen LogP contribution in [-0.4, -0.2) is 60.4 Å². The van der Waals surface area contributed by atoms with Crippen molar-refractivity contribution in [2.24, 2.45) is 5.92 Å². The molecule has 0 aromatic carbocycles. The van der Waals surface area contributed by atoms with Crippen LogP contribution in [0.25, 0.3) is 0 Å². The summed E-state index contributed by atoms with van der Waals surface area (Å²) in [5, 5.41) is 3.30. The minimum absolute atomic E-state index is 0. The van der Waals surface area contributed by atoms with Gasteiger partial charge in [-0.2, -0.15) is 0 Å². The Hall–Kier alpha value is -0.810. The first-order valence-electron chi connectivity index (χ1n) is 7.40. The molecule has 2 heterocycles. The van der Waals surface area contributed by atoms with E-state index in [1.54, 1.807) is 4.90 Å². The van der Waals surface area contributed by atoms with E-state index in [0.717, 1.165) is 45.6 Å². The zero-order valence-corrected chi connectivity index (χ0v) is 13.2. The first-order chi connectivity index (χ1) is 9.11. The maximum atomic E-state index is 12.7. The van der Waals surface area contributed by atoms with Crippen LogP contribution in [0.1, 0.15) is 33.1 Å². The van der Waals surface area contributed by atoms with Gasteiger partial charge in [-0.05, 0) is 25.3 Å². The molecule has 1 N–H and O–H groups in total. The number of amides is 2. The Morgan fingerprint density at radius 3 is 2.50 bits per heavy atom. The molecule has 20 heavy (non-hydrogen) atoms. The summed E-state index contributed by atoms with van der Waals surface area (Å²) in [5.74, 6) is 0.444. The van der Waals surface area contributed by atoms with Crippen molar-refractivity contribution in [1.29, 1.82) is 0 Å².